The summed E-state index contributed by atoms with van der Waals surface area (Å²) in [4.78, 5) is 14.7. The highest BCUT2D eigenvalue weighted by atomic mass is 16.2. The summed E-state index contributed by atoms with van der Waals surface area (Å²) in [6.45, 7) is 4.25. The van der Waals surface area contributed by atoms with Gasteiger partial charge in [0.2, 0.25) is 5.91 Å². The predicted octanol–water partition coefficient (Wildman–Crippen LogP) is 1.39. The summed E-state index contributed by atoms with van der Waals surface area (Å²) in [5.41, 5.74) is 0. The number of nitrogens with one attached hydrogen (secondary N) is 1. The number of amides is 1. The second-order valence-corrected chi connectivity index (χ2v) is 5.86. The number of hydrogen-bond donors (Lipinski definition) is 1. The van der Waals surface area contributed by atoms with Gasteiger partial charge >= 0.3 is 0 Å². The molecule has 3 heteroatoms. The Balaban J connectivity index is 1.64. The van der Waals surface area contributed by atoms with E-state index in [9.17, 15) is 4.79 Å². The maximum absolute atomic E-state index is 12.5. The predicted molar refractivity (Wildman–Crippen MR) is 63.0 cm³/mol. The average Bonchev–Trinajstić information content (AvgIpc) is 3.14. The van der Waals surface area contributed by atoms with Gasteiger partial charge in [-0.05, 0) is 50.5 Å². The van der Waals surface area contributed by atoms with E-state index < -0.39 is 0 Å². The van der Waals surface area contributed by atoms with E-state index in [1.807, 2.05) is 0 Å². The molecule has 0 spiro atoms. The van der Waals surface area contributed by atoms with E-state index in [2.05, 4.69) is 17.1 Å². The highest BCUT2D eigenvalue weighted by Crippen LogP contribution is 2.35. The van der Waals surface area contributed by atoms with E-state index in [0.29, 0.717) is 17.9 Å². The zero-order chi connectivity index (χ0) is 11.1. The van der Waals surface area contributed by atoms with Crippen LogP contribution in [0, 0.1) is 11.8 Å². The van der Waals surface area contributed by atoms with E-state index in [4.69, 9.17) is 0 Å². The lowest BCUT2D eigenvalue weighted by atomic mass is 10.0. The molecule has 3 aliphatic rings. The summed E-state index contributed by atoms with van der Waals surface area (Å²) in [5, 5.41) is 3.37. The SMILES string of the molecule is CC1CCNC1C(=O)N(CC1CC1)C1CC1. The number of nitrogens with zero attached hydrogens (tertiary/aromatic N) is 1. The average molecular weight is 222 g/mol. The van der Waals surface area contributed by atoms with Gasteiger partial charge in [0.1, 0.15) is 0 Å². The summed E-state index contributed by atoms with van der Waals surface area (Å²) in [5.74, 6) is 1.73. The van der Waals surface area contributed by atoms with Crippen molar-refractivity contribution >= 4 is 5.91 Å². The van der Waals surface area contributed by atoms with Gasteiger partial charge in [0, 0.05) is 12.6 Å². The number of carbonyl (C=O) groups is 1. The van der Waals surface area contributed by atoms with Crippen molar-refractivity contribution in [2.24, 2.45) is 11.8 Å². The molecule has 2 saturated carbocycles. The molecule has 3 fully saturated rings. The van der Waals surface area contributed by atoms with Crippen LogP contribution in [-0.4, -0.2) is 36.0 Å². The molecule has 1 aliphatic heterocycles. The number of rotatable bonds is 4. The highest BCUT2D eigenvalue weighted by molar-refractivity contribution is 5.83. The number of hydrogen-bond acceptors (Lipinski definition) is 2. The summed E-state index contributed by atoms with van der Waals surface area (Å²) in [6, 6.07) is 0.696. The normalized spacial score (nSPS) is 34.1. The first-order valence-electron chi connectivity index (χ1n) is 6.79. The Morgan fingerprint density at radius 1 is 1.25 bits per heavy atom. The van der Waals surface area contributed by atoms with Crippen molar-refractivity contribution in [3.8, 4) is 0 Å². The second-order valence-electron chi connectivity index (χ2n) is 5.86. The lowest BCUT2D eigenvalue weighted by Crippen LogP contribution is -2.47. The number of carbonyl (C=O) groups excluding carboxylic acids is 1. The van der Waals surface area contributed by atoms with Crippen LogP contribution < -0.4 is 5.32 Å². The smallest absolute Gasteiger partial charge is 0.240 e. The molecule has 2 atom stereocenters. The fourth-order valence-corrected chi connectivity index (χ4v) is 2.73. The first kappa shape index (κ1) is 10.6. The van der Waals surface area contributed by atoms with Gasteiger partial charge < -0.3 is 10.2 Å². The van der Waals surface area contributed by atoms with Crippen LogP contribution in [0.3, 0.4) is 0 Å². The minimum Gasteiger partial charge on any atom is -0.338 e. The van der Waals surface area contributed by atoms with Gasteiger partial charge in [-0.2, -0.15) is 0 Å². The molecule has 3 rings (SSSR count). The lowest BCUT2D eigenvalue weighted by Gasteiger charge is -2.27. The fraction of sp³-hybridized carbons (Fsp3) is 0.923. The monoisotopic (exact) mass is 222 g/mol. The van der Waals surface area contributed by atoms with Crippen LogP contribution in [-0.2, 0) is 4.79 Å². The summed E-state index contributed by atoms with van der Waals surface area (Å²) >= 11 is 0. The van der Waals surface area contributed by atoms with E-state index in [1.54, 1.807) is 0 Å². The van der Waals surface area contributed by atoms with Gasteiger partial charge in [0.05, 0.1) is 6.04 Å². The van der Waals surface area contributed by atoms with Gasteiger partial charge in [0.15, 0.2) is 0 Å². The van der Waals surface area contributed by atoms with Gasteiger partial charge in [-0.1, -0.05) is 6.92 Å². The standard InChI is InChI=1S/C13H22N2O/c1-9-6-7-14-12(9)13(16)15(11-4-5-11)8-10-2-3-10/h9-12,14H,2-8H2,1H3. The van der Waals surface area contributed by atoms with Gasteiger partial charge in [-0.3, -0.25) is 4.79 Å². The van der Waals surface area contributed by atoms with E-state index in [0.717, 1.165) is 25.4 Å². The second kappa shape index (κ2) is 4.02. The first-order chi connectivity index (χ1) is 7.75. The van der Waals surface area contributed by atoms with E-state index in [1.165, 1.54) is 25.7 Å². The molecule has 1 heterocycles. The van der Waals surface area contributed by atoms with Crippen molar-refractivity contribution in [1.29, 1.82) is 0 Å². The zero-order valence-corrected chi connectivity index (χ0v) is 10.1. The molecule has 3 nitrogen and oxygen atoms in total. The van der Waals surface area contributed by atoms with Crippen LogP contribution in [0.5, 0.6) is 0 Å². The van der Waals surface area contributed by atoms with Crippen LogP contribution in [0.25, 0.3) is 0 Å². The first-order valence-corrected chi connectivity index (χ1v) is 6.79. The zero-order valence-electron chi connectivity index (χ0n) is 10.1. The Bertz CT molecular complexity index is 284. The minimum atomic E-state index is 0.111. The fourth-order valence-electron chi connectivity index (χ4n) is 2.73. The van der Waals surface area contributed by atoms with Gasteiger partial charge in [-0.15, -0.1) is 0 Å². The third kappa shape index (κ3) is 2.10. The molecule has 2 unspecified atom stereocenters. The Labute approximate surface area is 97.6 Å². The molecule has 1 amide bonds. The molecule has 2 aliphatic carbocycles. The van der Waals surface area contributed by atoms with Crippen molar-refractivity contribution in [3.05, 3.63) is 0 Å². The minimum absolute atomic E-state index is 0.111. The lowest BCUT2D eigenvalue weighted by molar-refractivity contribution is -0.134. The molecule has 0 aromatic carbocycles. The summed E-state index contributed by atoms with van der Waals surface area (Å²) in [7, 11) is 0. The largest absolute Gasteiger partial charge is 0.338 e. The molecule has 0 bridgehead atoms. The van der Waals surface area contributed by atoms with Gasteiger partial charge in [0.25, 0.3) is 0 Å². The van der Waals surface area contributed by atoms with Crippen molar-refractivity contribution in [1.82, 2.24) is 10.2 Å². The Hall–Kier alpha value is -0.570. The van der Waals surface area contributed by atoms with Crippen LogP contribution >= 0.6 is 0 Å². The third-order valence-corrected chi connectivity index (χ3v) is 4.22. The molecule has 0 aromatic rings. The summed E-state index contributed by atoms with van der Waals surface area (Å²) in [6.07, 6.45) is 6.30. The van der Waals surface area contributed by atoms with Crippen molar-refractivity contribution < 1.29 is 4.79 Å². The maximum Gasteiger partial charge on any atom is 0.240 e. The molecule has 1 N–H and O–H groups in total. The molecule has 90 valence electrons. The maximum atomic E-state index is 12.5. The van der Waals surface area contributed by atoms with Crippen molar-refractivity contribution in [3.63, 3.8) is 0 Å². The van der Waals surface area contributed by atoms with E-state index in [-0.39, 0.29) is 6.04 Å². The Kier molecular flexibility index (Phi) is 2.66. The molecule has 1 saturated heterocycles. The Morgan fingerprint density at radius 2 is 2.00 bits per heavy atom. The van der Waals surface area contributed by atoms with Crippen LogP contribution in [0.4, 0.5) is 0 Å². The van der Waals surface area contributed by atoms with E-state index >= 15 is 0 Å². The van der Waals surface area contributed by atoms with Crippen molar-refractivity contribution in [2.45, 2.75) is 51.1 Å². The van der Waals surface area contributed by atoms with Crippen LogP contribution in [0.2, 0.25) is 0 Å². The van der Waals surface area contributed by atoms with Gasteiger partial charge in [-0.25, -0.2) is 0 Å². The molecule has 16 heavy (non-hydrogen) atoms. The quantitative estimate of drug-likeness (QED) is 0.779. The summed E-state index contributed by atoms with van der Waals surface area (Å²) < 4.78 is 0. The molecular formula is C13H22N2O. The van der Waals surface area contributed by atoms with Crippen molar-refractivity contribution in [2.75, 3.05) is 13.1 Å². The highest BCUT2D eigenvalue weighted by Gasteiger charge is 2.41. The molecular weight excluding hydrogens is 200 g/mol. The topological polar surface area (TPSA) is 32.3 Å². The van der Waals surface area contributed by atoms with Crippen LogP contribution in [0.15, 0.2) is 0 Å². The third-order valence-electron chi connectivity index (χ3n) is 4.22. The molecule has 0 radical (unpaired) electrons. The Morgan fingerprint density at radius 3 is 2.50 bits per heavy atom. The molecule has 0 aromatic heterocycles. The van der Waals surface area contributed by atoms with Crippen LogP contribution in [0.1, 0.15) is 39.0 Å².